The number of methoxy groups -OCH3 is 1. The van der Waals surface area contributed by atoms with E-state index in [-0.39, 0.29) is 16.2 Å². The van der Waals surface area contributed by atoms with Crippen molar-refractivity contribution in [1.29, 1.82) is 0 Å². The summed E-state index contributed by atoms with van der Waals surface area (Å²) in [5.41, 5.74) is 0.517. The Morgan fingerprint density at radius 2 is 1.77 bits per heavy atom. The van der Waals surface area contributed by atoms with Gasteiger partial charge in [-0.05, 0) is 41.9 Å². The van der Waals surface area contributed by atoms with Crippen molar-refractivity contribution in [3.63, 3.8) is 0 Å². The molecule has 2 aromatic carbocycles. The maximum absolute atomic E-state index is 12.6. The number of hydrogen-bond acceptors (Lipinski definition) is 4. The van der Waals surface area contributed by atoms with E-state index < -0.39 is 15.3 Å². The molecule has 0 heterocycles. The summed E-state index contributed by atoms with van der Waals surface area (Å²) in [6.45, 7) is 0. The number of carbonyl (C=O) groups is 1. The van der Waals surface area contributed by atoms with Crippen LogP contribution in [0.1, 0.15) is 10.4 Å². The number of para-hydroxylation sites is 1. The third-order valence-corrected chi connectivity index (χ3v) is 5.15. The summed E-state index contributed by atoms with van der Waals surface area (Å²) in [7, 11) is -0.987. The maximum atomic E-state index is 12.6. The zero-order valence-electron chi connectivity index (χ0n) is 12.0. The second-order valence-electron chi connectivity index (χ2n) is 4.44. The monoisotopic (exact) mass is 339 g/mol. The Hall–Kier alpha value is -2.05. The number of carbonyl (C=O) groups excluding carboxylic acids is 1. The topological polar surface area (TPSA) is 63.7 Å². The largest absolute Gasteiger partial charge is 0.496 e. The van der Waals surface area contributed by atoms with Crippen LogP contribution in [-0.4, -0.2) is 27.8 Å². The van der Waals surface area contributed by atoms with Gasteiger partial charge in [-0.1, -0.05) is 18.2 Å². The van der Waals surface area contributed by atoms with Crippen molar-refractivity contribution in [3.05, 3.63) is 54.1 Å². The highest BCUT2D eigenvalue weighted by molar-refractivity contribution is 7.92. The second-order valence-corrected chi connectivity index (χ2v) is 6.76. The summed E-state index contributed by atoms with van der Waals surface area (Å²) in [6.07, 6.45) is 0. The van der Waals surface area contributed by atoms with E-state index in [4.69, 9.17) is 16.3 Å². The van der Waals surface area contributed by atoms with Crippen LogP contribution in [0.5, 0.6) is 5.75 Å². The summed E-state index contributed by atoms with van der Waals surface area (Å²) in [5.74, 6) is 0.223. The smallest absolute Gasteiger partial charge is 0.264 e. The lowest BCUT2D eigenvalue weighted by molar-refractivity contribution is 0.107. The van der Waals surface area contributed by atoms with E-state index in [0.29, 0.717) is 5.69 Å². The molecule has 0 saturated heterocycles. The van der Waals surface area contributed by atoms with Crippen LogP contribution in [0.3, 0.4) is 0 Å². The molecule has 116 valence electrons. The second kappa shape index (κ2) is 6.37. The molecule has 2 aromatic rings. The van der Waals surface area contributed by atoms with Crippen molar-refractivity contribution in [2.45, 2.75) is 4.90 Å². The average Bonchev–Trinajstić information content (AvgIpc) is 2.54. The Labute approximate surface area is 134 Å². The van der Waals surface area contributed by atoms with Crippen LogP contribution in [0.4, 0.5) is 5.69 Å². The van der Waals surface area contributed by atoms with Gasteiger partial charge < -0.3 is 4.74 Å². The van der Waals surface area contributed by atoms with Gasteiger partial charge in [0.15, 0.2) is 0 Å². The zero-order valence-corrected chi connectivity index (χ0v) is 13.6. The van der Waals surface area contributed by atoms with E-state index in [1.807, 2.05) is 0 Å². The van der Waals surface area contributed by atoms with Gasteiger partial charge in [-0.3, -0.25) is 9.10 Å². The number of hydrogen-bond donors (Lipinski definition) is 0. The molecule has 0 aliphatic carbocycles. The highest BCUT2D eigenvalue weighted by Crippen LogP contribution is 2.27. The Morgan fingerprint density at radius 1 is 1.14 bits per heavy atom. The third-order valence-electron chi connectivity index (χ3n) is 3.16. The SMILES string of the molecule is COc1ccc(S(=O)(=O)N(C)c2ccccc2)cc1C(=O)Cl. The van der Waals surface area contributed by atoms with Gasteiger partial charge in [0.05, 0.1) is 23.3 Å². The molecular formula is C15H14ClNO4S. The Morgan fingerprint density at radius 3 is 2.32 bits per heavy atom. The van der Waals surface area contributed by atoms with Gasteiger partial charge in [-0.2, -0.15) is 0 Å². The normalized spacial score (nSPS) is 11.0. The average molecular weight is 340 g/mol. The van der Waals surface area contributed by atoms with Crippen LogP contribution in [0, 0.1) is 0 Å². The van der Waals surface area contributed by atoms with Crippen LogP contribution in [-0.2, 0) is 10.0 Å². The van der Waals surface area contributed by atoms with Crippen LogP contribution >= 0.6 is 11.6 Å². The first-order chi connectivity index (χ1) is 10.4. The van der Waals surface area contributed by atoms with Crippen molar-refractivity contribution in [2.75, 3.05) is 18.5 Å². The number of benzene rings is 2. The van der Waals surface area contributed by atoms with Crippen LogP contribution in [0.15, 0.2) is 53.4 Å². The van der Waals surface area contributed by atoms with E-state index >= 15 is 0 Å². The van der Waals surface area contributed by atoms with Crippen molar-refractivity contribution in [1.82, 2.24) is 0 Å². The Balaban J connectivity index is 2.50. The molecule has 0 radical (unpaired) electrons. The highest BCUT2D eigenvalue weighted by Gasteiger charge is 2.23. The lowest BCUT2D eigenvalue weighted by Crippen LogP contribution is -2.26. The third kappa shape index (κ3) is 3.08. The molecule has 0 amide bonds. The van der Waals surface area contributed by atoms with E-state index in [1.54, 1.807) is 30.3 Å². The van der Waals surface area contributed by atoms with Gasteiger partial charge in [-0.15, -0.1) is 0 Å². The maximum Gasteiger partial charge on any atom is 0.264 e. The number of ether oxygens (including phenoxy) is 1. The number of rotatable bonds is 5. The minimum Gasteiger partial charge on any atom is -0.496 e. The van der Waals surface area contributed by atoms with Crippen LogP contribution in [0.2, 0.25) is 0 Å². The van der Waals surface area contributed by atoms with Crippen LogP contribution < -0.4 is 9.04 Å². The van der Waals surface area contributed by atoms with Crippen molar-refractivity contribution < 1.29 is 17.9 Å². The van der Waals surface area contributed by atoms with E-state index in [2.05, 4.69) is 0 Å². The number of nitrogens with zero attached hydrogens (tertiary/aromatic N) is 1. The first-order valence-electron chi connectivity index (χ1n) is 6.30. The molecule has 0 aromatic heterocycles. The molecule has 0 aliphatic heterocycles. The van der Waals surface area contributed by atoms with Gasteiger partial charge in [0.1, 0.15) is 5.75 Å². The standard InChI is InChI=1S/C15H14ClNO4S/c1-17(11-6-4-3-5-7-11)22(19,20)12-8-9-14(21-2)13(10-12)15(16)18/h3-10H,1-2H3. The van der Waals surface area contributed by atoms with Crippen molar-refractivity contribution in [2.24, 2.45) is 0 Å². The van der Waals surface area contributed by atoms with Crippen molar-refractivity contribution >= 4 is 32.6 Å². The summed E-state index contributed by atoms with van der Waals surface area (Å²) >= 11 is 5.48. The van der Waals surface area contributed by atoms with Gasteiger partial charge in [0.2, 0.25) is 0 Å². The molecule has 5 nitrogen and oxygen atoms in total. The van der Waals surface area contributed by atoms with Gasteiger partial charge in [0.25, 0.3) is 15.3 Å². The zero-order chi connectivity index (χ0) is 16.3. The fraction of sp³-hybridized carbons (Fsp3) is 0.133. The molecule has 0 fully saturated rings. The summed E-state index contributed by atoms with van der Waals surface area (Å²) in [5, 5.41) is -0.781. The number of halogens is 1. The van der Waals surface area contributed by atoms with Gasteiger partial charge >= 0.3 is 0 Å². The molecule has 0 saturated carbocycles. The molecule has 0 spiro atoms. The Kier molecular flexibility index (Phi) is 4.73. The van der Waals surface area contributed by atoms with Crippen LogP contribution in [0.25, 0.3) is 0 Å². The van der Waals surface area contributed by atoms with E-state index in [9.17, 15) is 13.2 Å². The predicted molar refractivity (Wildman–Crippen MR) is 85.2 cm³/mol. The first-order valence-corrected chi connectivity index (χ1v) is 8.11. The minimum absolute atomic E-state index is 0.00621. The molecule has 0 atom stereocenters. The molecule has 0 bridgehead atoms. The summed E-state index contributed by atoms with van der Waals surface area (Å²) in [4.78, 5) is 11.4. The summed E-state index contributed by atoms with van der Waals surface area (Å²) < 4.78 is 31.4. The fourth-order valence-corrected chi connectivity index (χ4v) is 3.31. The molecule has 0 aliphatic rings. The molecule has 0 N–H and O–H groups in total. The molecular weight excluding hydrogens is 326 g/mol. The van der Waals surface area contributed by atoms with E-state index in [1.165, 1.54) is 32.4 Å². The molecule has 2 rings (SSSR count). The fourth-order valence-electron chi connectivity index (χ4n) is 1.94. The number of sulfonamides is 1. The van der Waals surface area contributed by atoms with E-state index in [0.717, 1.165) is 4.31 Å². The molecule has 7 heteroatoms. The molecule has 0 unspecified atom stereocenters. The van der Waals surface area contributed by atoms with Crippen molar-refractivity contribution in [3.8, 4) is 5.75 Å². The Bertz CT molecular complexity index is 790. The molecule has 22 heavy (non-hydrogen) atoms. The number of anilines is 1. The van der Waals surface area contributed by atoms with Gasteiger partial charge in [0, 0.05) is 7.05 Å². The lowest BCUT2D eigenvalue weighted by atomic mass is 10.2. The predicted octanol–water partition coefficient (Wildman–Crippen LogP) is 2.90. The first kappa shape index (κ1) is 16.3. The summed E-state index contributed by atoms with van der Waals surface area (Å²) in [6, 6.07) is 12.6. The minimum atomic E-state index is -3.81. The quantitative estimate of drug-likeness (QED) is 0.786. The lowest BCUT2D eigenvalue weighted by Gasteiger charge is -2.20. The highest BCUT2D eigenvalue weighted by atomic mass is 35.5. The van der Waals surface area contributed by atoms with Gasteiger partial charge in [-0.25, -0.2) is 8.42 Å².